The molecule has 0 radical (unpaired) electrons. The van der Waals surface area contributed by atoms with Crippen molar-refractivity contribution in [3.05, 3.63) is 52.6 Å². The molecule has 3 aromatic heterocycles. The maximum absolute atomic E-state index is 12.3. The van der Waals surface area contributed by atoms with Crippen molar-refractivity contribution in [1.82, 2.24) is 14.9 Å². The smallest absolute Gasteiger partial charge is 0.294 e. The largest absolute Gasteiger partial charge is 0.481 e. The lowest BCUT2D eigenvalue weighted by Gasteiger charge is -2.10. The van der Waals surface area contributed by atoms with Crippen LogP contribution in [0.4, 0.5) is 0 Å². The number of amides is 1. The predicted molar refractivity (Wildman–Crippen MR) is 90.1 cm³/mol. The molecule has 0 aliphatic rings. The quantitative estimate of drug-likeness (QED) is 0.727. The van der Waals surface area contributed by atoms with Crippen LogP contribution in [-0.2, 0) is 6.54 Å². The van der Waals surface area contributed by atoms with Crippen LogP contribution in [0.25, 0.3) is 11.0 Å². The highest BCUT2D eigenvalue weighted by atomic mass is 16.5. The van der Waals surface area contributed by atoms with Crippen molar-refractivity contribution in [1.29, 1.82) is 0 Å². The predicted octanol–water partition coefficient (Wildman–Crippen LogP) is 1.44. The van der Waals surface area contributed by atoms with Crippen LogP contribution >= 0.6 is 0 Å². The first-order valence-corrected chi connectivity index (χ1v) is 7.58. The lowest BCUT2D eigenvalue weighted by molar-refractivity contribution is 0.0948. The second kappa shape index (κ2) is 7.08. The van der Waals surface area contributed by atoms with Gasteiger partial charge in [0.15, 0.2) is 5.58 Å². The number of furan rings is 1. The topological polar surface area (TPSA) is 95.6 Å². The molecule has 0 unspecified atom stereocenters. The van der Waals surface area contributed by atoms with E-state index in [2.05, 4.69) is 10.3 Å². The summed E-state index contributed by atoms with van der Waals surface area (Å²) in [5.41, 5.74) is 0.354. The van der Waals surface area contributed by atoms with Crippen molar-refractivity contribution >= 4 is 16.9 Å². The van der Waals surface area contributed by atoms with Crippen LogP contribution in [0, 0.1) is 0 Å². The summed E-state index contributed by atoms with van der Waals surface area (Å²) >= 11 is 0. The van der Waals surface area contributed by atoms with Gasteiger partial charge in [0, 0.05) is 30.7 Å². The summed E-state index contributed by atoms with van der Waals surface area (Å²) in [7, 11) is 2.91. The van der Waals surface area contributed by atoms with E-state index >= 15 is 0 Å². The van der Waals surface area contributed by atoms with E-state index in [1.165, 1.54) is 25.0 Å². The molecule has 8 heteroatoms. The standard InChI is InChI=1S/C17H17N3O5/c1-23-13-4-3-12(16(19-13)24-2)15(21)18-7-9-20-8-5-11-6-10-25-14(11)17(20)22/h3-6,8,10H,7,9H2,1-2H3,(H,18,21). The molecule has 1 amide bonds. The number of fused-ring (bicyclic) bond motifs is 1. The van der Waals surface area contributed by atoms with Crippen LogP contribution in [-0.4, -0.2) is 36.2 Å². The van der Waals surface area contributed by atoms with E-state index in [1.807, 2.05) is 0 Å². The first kappa shape index (κ1) is 16.6. The third kappa shape index (κ3) is 3.32. The Morgan fingerprint density at radius 1 is 1.24 bits per heavy atom. The Bertz CT molecular complexity index is 960. The van der Waals surface area contributed by atoms with Crippen molar-refractivity contribution in [2.45, 2.75) is 6.54 Å². The third-order valence-electron chi connectivity index (χ3n) is 3.70. The lowest BCUT2D eigenvalue weighted by atomic mass is 10.2. The fraction of sp³-hybridized carbons (Fsp3) is 0.235. The van der Waals surface area contributed by atoms with Gasteiger partial charge in [0.05, 0.1) is 20.5 Å². The monoisotopic (exact) mass is 343 g/mol. The molecule has 0 aromatic carbocycles. The molecule has 0 spiro atoms. The van der Waals surface area contributed by atoms with Crippen molar-refractivity contribution < 1.29 is 18.7 Å². The summed E-state index contributed by atoms with van der Waals surface area (Å²) in [4.78, 5) is 28.6. The number of carbonyl (C=O) groups is 1. The summed E-state index contributed by atoms with van der Waals surface area (Å²) in [6.45, 7) is 0.577. The van der Waals surface area contributed by atoms with Gasteiger partial charge >= 0.3 is 0 Å². The molecule has 1 N–H and O–H groups in total. The molecule has 3 heterocycles. The molecule has 0 fully saturated rings. The number of pyridine rings is 2. The molecule has 8 nitrogen and oxygen atoms in total. The molecule has 3 rings (SSSR count). The van der Waals surface area contributed by atoms with E-state index in [-0.39, 0.29) is 29.5 Å². The number of aromatic nitrogens is 2. The summed E-state index contributed by atoms with van der Waals surface area (Å²) in [5.74, 6) is 0.178. The van der Waals surface area contributed by atoms with E-state index in [4.69, 9.17) is 13.9 Å². The molecular formula is C17H17N3O5. The second-order valence-corrected chi connectivity index (χ2v) is 5.19. The number of nitrogens with zero attached hydrogens (tertiary/aromatic N) is 2. The fourth-order valence-corrected chi connectivity index (χ4v) is 2.42. The van der Waals surface area contributed by atoms with E-state index in [0.717, 1.165) is 5.39 Å². The van der Waals surface area contributed by atoms with Crippen molar-refractivity contribution in [2.75, 3.05) is 20.8 Å². The van der Waals surface area contributed by atoms with Gasteiger partial charge in [-0.2, -0.15) is 4.98 Å². The van der Waals surface area contributed by atoms with E-state index in [9.17, 15) is 9.59 Å². The average Bonchev–Trinajstić information content (AvgIpc) is 3.12. The van der Waals surface area contributed by atoms with E-state index < -0.39 is 0 Å². The maximum Gasteiger partial charge on any atom is 0.294 e. The van der Waals surface area contributed by atoms with Crippen LogP contribution in [0.15, 0.2) is 45.9 Å². The van der Waals surface area contributed by atoms with Gasteiger partial charge in [-0.3, -0.25) is 9.59 Å². The molecule has 0 bridgehead atoms. The fourth-order valence-electron chi connectivity index (χ4n) is 2.42. The highest BCUT2D eigenvalue weighted by Crippen LogP contribution is 2.19. The van der Waals surface area contributed by atoms with Gasteiger partial charge < -0.3 is 23.8 Å². The highest BCUT2D eigenvalue weighted by molar-refractivity contribution is 5.96. The van der Waals surface area contributed by atoms with Crippen LogP contribution in [0.1, 0.15) is 10.4 Å². The minimum atomic E-state index is -0.348. The zero-order valence-corrected chi connectivity index (χ0v) is 13.8. The van der Waals surface area contributed by atoms with Gasteiger partial charge in [0.25, 0.3) is 11.5 Å². The van der Waals surface area contributed by atoms with E-state index in [0.29, 0.717) is 18.0 Å². The van der Waals surface area contributed by atoms with Gasteiger partial charge in [-0.25, -0.2) is 0 Å². The first-order chi connectivity index (χ1) is 12.1. The van der Waals surface area contributed by atoms with Gasteiger partial charge in [0.1, 0.15) is 5.56 Å². The molecular weight excluding hydrogens is 326 g/mol. The maximum atomic E-state index is 12.3. The molecule has 3 aromatic rings. The number of ether oxygens (including phenoxy) is 2. The molecule has 130 valence electrons. The number of nitrogens with one attached hydrogen (secondary N) is 1. The van der Waals surface area contributed by atoms with Gasteiger partial charge in [-0.1, -0.05) is 0 Å². The van der Waals surface area contributed by atoms with Crippen LogP contribution in [0.3, 0.4) is 0 Å². The minimum Gasteiger partial charge on any atom is -0.481 e. The number of methoxy groups -OCH3 is 2. The zero-order chi connectivity index (χ0) is 17.8. The zero-order valence-electron chi connectivity index (χ0n) is 13.8. The molecule has 25 heavy (non-hydrogen) atoms. The van der Waals surface area contributed by atoms with Crippen molar-refractivity contribution in [3.8, 4) is 11.8 Å². The summed E-state index contributed by atoms with van der Waals surface area (Å²) in [6, 6.07) is 6.66. The van der Waals surface area contributed by atoms with Crippen LogP contribution in [0.5, 0.6) is 11.8 Å². The molecule has 0 aliphatic heterocycles. The summed E-state index contributed by atoms with van der Waals surface area (Å²) in [5, 5.41) is 3.49. The molecule has 0 aliphatic carbocycles. The van der Waals surface area contributed by atoms with Crippen molar-refractivity contribution in [2.24, 2.45) is 0 Å². The van der Waals surface area contributed by atoms with Crippen LogP contribution < -0.4 is 20.3 Å². The van der Waals surface area contributed by atoms with Crippen LogP contribution in [0.2, 0.25) is 0 Å². The Kier molecular flexibility index (Phi) is 4.69. The molecule has 0 saturated heterocycles. The highest BCUT2D eigenvalue weighted by Gasteiger charge is 2.14. The average molecular weight is 343 g/mol. The second-order valence-electron chi connectivity index (χ2n) is 5.19. The lowest BCUT2D eigenvalue weighted by Crippen LogP contribution is -2.30. The van der Waals surface area contributed by atoms with Crippen molar-refractivity contribution in [3.63, 3.8) is 0 Å². The van der Waals surface area contributed by atoms with Gasteiger partial charge in [-0.15, -0.1) is 0 Å². The van der Waals surface area contributed by atoms with Gasteiger partial charge in [0.2, 0.25) is 11.8 Å². The normalized spacial score (nSPS) is 10.6. The Labute approximate surface area is 143 Å². The van der Waals surface area contributed by atoms with E-state index in [1.54, 1.807) is 30.5 Å². The molecule has 0 atom stereocenters. The minimum absolute atomic E-state index is 0.172. The number of hydrogen-bond donors (Lipinski definition) is 1. The Morgan fingerprint density at radius 3 is 2.84 bits per heavy atom. The van der Waals surface area contributed by atoms with Gasteiger partial charge in [-0.05, 0) is 18.2 Å². The SMILES string of the molecule is COc1ccc(C(=O)NCCn2ccc3ccoc3c2=O)c(OC)n1. The number of rotatable bonds is 6. The summed E-state index contributed by atoms with van der Waals surface area (Å²) < 4.78 is 16.8. The molecule has 0 saturated carbocycles. The number of hydrogen-bond acceptors (Lipinski definition) is 6. The number of carbonyl (C=O) groups excluding carboxylic acids is 1. The Balaban J connectivity index is 1.68. The Hall–Kier alpha value is -3.29. The summed E-state index contributed by atoms with van der Waals surface area (Å²) in [6.07, 6.45) is 3.14. The Morgan fingerprint density at radius 2 is 2.08 bits per heavy atom. The third-order valence-corrected chi connectivity index (χ3v) is 3.70. The first-order valence-electron chi connectivity index (χ1n) is 7.58.